The minimum absolute atomic E-state index is 0.132. The number of rotatable bonds is 9. The second-order valence-electron chi connectivity index (χ2n) is 10.4. The molecule has 8 heteroatoms. The van der Waals surface area contributed by atoms with Crippen LogP contribution in [0.5, 0.6) is 17.2 Å². The van der Waals surface area contributed by atoms with E-state index in [1.807, 2.05) is 78.9 Å². The zero-order chi connectivity index (χ0) is 30.5. The van der Waals surface area contributed by atoms with Crippen molar-refractivity contribution in [2.24, 2.45) is 5.92 Å². The molecule has 43 heavy (non-hydrogen) atoms. The van der Waals surface area contributed by atoms with Gasteiger partial charge in [0.15, 0.2) is 5.78 Å². The van der Waals surface area contributed by atoms with Gasteiger partial charge in [-0.05, 0) is 74.7 Å². The highest BCUT2D eigenvalue weighted by Gasteiger charge is 2.49. The van der Waals surface area contributed by atoms with Gasteiger partial charge in [-0.1, -0.05) is 42.5 Å². The highest BCUT2D eigenvalue weighted by molar-refractivity contribution is 6.13. The average molecular weight is 582 g/mol. The van der Waals surface area contributed by atoms with E-state index in [1.54, 1.807) is 27.9 Å². The SMILES string of the molecule is CCOC(=O)C1=C(C)NC2=C(C(=O)C(C(=O)OCC)C(c3cccc(OC)c3)C2)C1c1cccc(Oc2ccccc2)c1. The largest absolute Gasteiger partial charge is 0.497 e. The van der Waals surface area contributed by atoms with Crippen LogP contribution in [0, 0.1) is 5.92 Å². The molecule has 3 aromatic rings. The summed E-state index contributed by atoms with van der Waals surface area (Å²) in [6, 6.07) is 24.0. The Morgan fingerprint density at radius 3 is 2.19 bits per heavy atom. The van der Waals surface area contributed by atoms with Gasteiger partial charge in [0.25, 0.3) is 0 Å². The van der Waals surface area contributed by atoms with Gasteiger partial charge in [0.05, 0.1) is 25.9 Å². The number of carbonyl (C=O) groups is 3. The molecule has 222 valence electrons. The summed E-state index contributed by atoms with van der Waals surface area (Å²) in [6.07, 6.45) is 0.349. The first-order valence-electron chi connectivity index (χ1n) is 14.4. The fourth-order valence-corrected chi connectivity index (χ4v) is 5.92. The van der Waals surface area contributed by atoms with Crippen LogP contribution < -0.4 is 14.8 Å². The van der Waals surface area contributed by atoms with E-state index in [1.165, 1.54) is 0 Å². The summed E-state index contributed by atoms with van der Waals surface area (Å²) in [5, 5.41) is 3.34. The van der Waals surface area contributed by atoms with Gasteiger partial charge in [-0.3, -0.25) is 9.59 Å². The lowest BCUT2D eigenvalue weighted by Crippen LogP contribution is -2.43. The number of carbonyl (C=O) groups excluding carboxylic acids is 3. The Hall–Kier alpha value is -4.85. The number of hydrogen-bond acceptors (Lipinski definition) is 8. The summed E-state index contributed by atoms with van der Waals surface area (Å²) in [5.41, 5.74) is 3.36. The fraction of sp³-hybridized carbons (Fsp3) is 0.286. The second kappa shape index (κ2) is 13.0. The van der Waals surface area contributed by atoms with Crippen molar-refractivity contribution in [2.75, 3.05) is 20.3 Å². The van der Waals surface area contributed by atoms with Gasteiger partial charge in [0, 0.05) is 28.8 Å². The number of Topliss-reactive ketones (excluding diaryl/α,β-unsaturated/α-hetero) is 1. The van der Waals surface area contributed by atoms with Crippen molar-refractivity contribution in [3.8, 4) is 17.2 Å². The molecule has 0 radical (unpaired) electrons. The lowest BCUT2D eigenvalue weighted by Gasteiger charge is -2.39. The van der Waals surface area contributed by atoms with Crippen LogP contribution in [0.1, 0.15) is 50.2 Å². The molecule has 0 aromatic heterocycles. The number of benzene rings is 3. The zero-order valence-electron chi connectivity index (χ0n) is 24.7. The molecular weight excluding hydrogens is 546 g/mol. The van der Waals surface area contributed by atoms with Crippen molar-refractivity contribution in [3.63, 3.8) is 0 Å². The number of esters is 2. The van der Waals surface area contributed by atoms with Crippen molar-refractivity contribution in [1.29, 1.82) is 0 Å². The standard InChI is InChI=1S/C35H35NO7/c1-5-41-34(38)29-21(3)36-28-20-27(22-12-10-16-25(18-22)40-4)31(35(39)42-6-2)33(37)32(28)30(29)23-13-11-17-26(19-23)43-24-14-8-7-9-15-24/h7-19,27,30-31,36H,5-6,20H2,1-4H3. The van der Waals surface area contributed by atoms with Crippen LogP contribution in [-0.4, -0.2) is 38.0 Å². The number of ketones is 1. The molecular formula is C35H35NO7. The lowest BCUT2D eigenvalue weighted by atomic mass is 9.67. The molecule has 3 unspecified atom stereocenters. The molecule has 0 spiro atoms. The smallest absolute Gasteiger partial charge is 0.336 e. The first-order valence-corrected chi connectivity index (χ1v) is 14.4. The Kier molecular flexibility index (Phi) is 8.95. The molecule has 8 nitrogen and oxygen atoms in total. The van der Waals surface area contributed by atoms with Crippen molar-refractivity contribution < 1.29 is 33.3 Å². The maximum atomic E-state index is 14.6. The maximum Gasteiger partial charge on any atom is 0.336 e. The fourth-order valence-electron chi connectivity index (χ4n) is 5.92. The molecule has 0 amide bonds. The van der Waals surface area contributed by atoms with Crippen LogP contribution >= 0.6 is 0 Å². The highest BCUT2D eigenvalue weighted by atomic mass is 16.5. The Balaban J connectivity index is 1.65. The van der Waals surface area contributed by atoms with Crippen LogP contribution in [-0.2, 0) is 23.9 Å². The normalized spacial score (nSPS) is 19.7. The molecule has 1 N–H and O–H groups in total. The van der Waals surface area contributed by atoms with E-state index in [-0.39, 0.29) is 13.2 Å². The average Bonchev–Trinajstić information content (AvgIpc) is 3.01. The van der Waals surface area contributed by atoms with Crippen molar-refractivity contribution in [1.82, 2.24) is 5.32 Å². The van der Waals surface area contributed by atoms with E-state index in [4.69, 9.17) is 18.9 Å². The summed E-state index contributed by atoms with van der Waals surface area (Å²) >= 11 is 0. The molecule has 2 aliphatic rings. The summed E-state index contributed by atoms with van der Waals surface area (Å²) in [6.45, 7) is 5.55. The van der Waals surface area contributed by atoms with E-state index in [9.17, 15) is 14.4 Å². The molecule has 0 bridgehead atoms. The molecule has 1 aliphatic heterocycles. The molecule has 1 aliphatic carbocycles. The van der Waals surface area contributed by atoms with Crippen LogP contribution in [0.2, 0.25) is 0 Å². The highest BCUT2D eigenvalue weighted by Crippen LogP contribution is 2.49. The zero-order valence-corrected chi connectivity index (χ0v) is 24.7. The van der Waals surface area contributed by atoms with Crippen LogP contribution in [0.15, 0.2) is 101 Å². The molecule has 3 aromatic carbocycles. The lowest BCUT2D eigenvalue weighted by molar-refractivity contribution is -0.152. The van der Waals surface area contributed by atoms with Crippen molar-refractivity contribution in [2.45, 2.75) is 39.0 Å². The summed E-state index contributed by atoms with van der Waals surface area (Å²) in [7, 11) is 1.57. The van der Waals surface area contributed by atoms with Gasteiger partial charge < -0.3 is 24.3 Å². The Morgan fingerprint density at radius 2 is 1.49 bits per heavy atom. The van der Waals surface area contributed by atoms with E-state index in [0.717, 1.165) is 5.56 Å². The molecule has 5 rings (SSSR count). The monoisotopic (exact) mass is 581 g/mol. The molecule has 0 saturated carbocycles. The molecule has 1 heterocycles. The van der Waals surface area contributed by atoms with E-state index in [2.05, 4.69) is 5.32 Å². The third-order valence-electron chi connectivity index (χ3n) is 7.75. The molecule has 0 saturated heterocycles. The Morgan fingerprint density at radius 1 is 0.837 bits per heavy atom. The molecule has 0 fully saturated rings. The number of dihydropyridines is 1. The topological polar surface area (TPSA) is 100 Å². The first kappa shape index (κ1) is 29.6. The number of nitrogens with one attached hydrogen (secondary N) is 1. The van der Waals surface area contributed by atoms with Gasteiger partial charge in [-0.2, -0.15) is 0 Å². The van der Waals surface area contributed by atoms with E-state index in [0.29, 0.717) is 51.8 Å². The summed E-state index contributed by atoms with van der Waals surface area (Å²) in [5.74, 6) is -2.11. The van der Waals surface area contributed by atoms with Gasteiger partial charge in [0.2, 0.25) is 0 Å². The predicted octanol–water partition coefficient (Wildman–Crippen LogP) is 6.20. The van der Waals surface area contributed by atoms with Gasteiger partial charge in [0.1, 0.15) is 23.2 Å². The maximum absolute atomic E-state index is 14.6. The predicted molar refractivity (Wildman–Crippen MR) is 161 cm³/mol. The number of hydrogen-bond donors (Lipinski definition) is 1. The van der Waals surface area contributed by atoms with E-state index < -0.39 is 35.5 Å². The summed E-state index contributed by atoms with van der Waals surface area (Å²) in [4.78, 5) is 41.5. The Bertz CT molecular complexity index is 1590. The van der Waals surface area contributed by atoms with E-state index >= 15 is 0 Å². The van der Waals surface area contributed by atoms with Crippen molar-refractivity contribution >= 4 is 17.7 Å². The number of methoxy groups -OCH3 is 1. The van der Waals surface area contributed by atoms with Crippen LogP contribution in [0.3, 0.4) is 0 Å². The van der Waals surface area contributed by atoms with Crippen molar-refractivity contribution in [3.05, 3.63) is 113 Å². The summed E-state index contributed by atoms with van der Waals surface area (Å²) < 4.78 is 22.4. The van der Waals surface area contributed by atoms with Gasteiger partial charge in [-0.25, -0.2) is 4.79 Å². The number of allylic oxidation sites excluding steroid dienone is 3. The minimum Gasteiger partial charge on any atom is -0.497 e. The quantitative estimate of drug-likeness (QED) is 0.236. The van der Waals surface area contributed by atoms with Gasteiger partial charge in [-0.15, -0.1) is 0 Å². The minimum atomic E-state index is -1.11. The number of ether oxygens (including phenoxy) is 4. The third-order valence-corrected chi connectivity index (χ3v) is 7.75. The number of para-hydroxylation sites is 1. The second-order valence-corrected chi connectivity index (χ2v) is 10.4. The van der Waals surface area contributed by atoms with Gasteiger partial charge >= 0.3 is 11.9 Å². The third kappa shape index (κ3) is 6.04. The van der Waals surface area contributed by atoms with Crippen LogP contribution in [0.4, 0.5) is 0 Å². The Labute approximate surface area is 251 Å². The first-order chi connectivity index (χ1) is 20.9. The van der Waals surface area contributed by atoms with Crippen LogP contribution in [0.25, 0.3) is 0 Å². The molecule has 3 atom stereocenters.